The third-order valence-electron chi connectivity index (χ3n) is 2.71. The van der Waals surface area contributed by atoms with E-state index >= 15 is 0 Å². The van der Waals surface area contributed by atoms with Crippen molar-refractivity contribution in [3.05, 3.63) is 35.7 Å². The Labute approximate surface area is 82.2 Å². The molecular formula is C11H11N3. The van der Waals surface area contributed by atoms with Crippen molar-refractivity contribution in [1.82, 2.24) is 15.3 Å². The molecule has 3 nitrogen and oxygen atoms in total. The molecule has 0 bridgehead atoms. The molecule has 2 aromatic heterocycles. The van der Waals surface area contributed by atoms with Crippen LogP contribution in [0.2, 0.25) is 0 Å². The van der Waals surface area contributed by atoms with Gasteiger partial charge in [-0.2, -0.15) is 0 Å². The first kappa shape index (κ1) is 7.88. The Hall–Kier alpha value is -1.48. The van der Waals surface area contributed by atoms with E-state index in [9.17, 15) is 0 Å². The van der Waals surface area contributed by atoms with Gasteiger partial charge in [-0.3, -0.25) is 0 Å². The maximum atomic E-state index is 4.36. The summed E-state index contributed by atoms with van der Waals surface area (Å²) >= 11 is 0. The molecule has 3 rings (SSSR count). The molecule has 0 spiro atoms. The second-order valence-electron chi connectivity index (χ2n) is 3.56. The van der Waals surface area contributed by atoms with Crippen molar-refractivity contribution < 1.29 is 0 Å². The minimum Gasteiger partial charge on any atom is -0.312 e. The third-order valence-corrected chi connectivity index (χ3v) is 2.71. The summed E-state index contributed by atoms with van der Waals surface area (Å²) in [6.07, 6.45) is 4.83. The molecule has 1 aliphatic heterocycles. The lowest BCUT2D eigenvalue weighted by atomic mass is 10.0. The largest absolute Gasteiger partial charge is 0.312 e. The van der Waals surface area contributed by atoms with Crippen molar-refractivity contribution in [2.75, 3.05) is 6.54 Å². The number of nitrogens with one attached hydrogen (secondary N) is 1. The lowest BCUT2D eigenvalue weighted by Gasteiger charge is -2.17. The highest BCUT2D eigenvalue weighted by Gasteiger charge is 2.12. The normalized spacial score (nSPS) is 15.4. The van der Waals surface area contributed by atoms with Gasteiger partial charge in [0, 0.05) is 24.3 Å². The molecule has 0 fully saturated rings. The number of nitrogens with zero attached hydrogens (tertiary/aromatic N) is 2. The van der Waals surface area contributed by atoms with Crippen molar-refractivity contribution in [3.63, 3.8) is 0 Å². The summed E-state index contributed by atoms with van der Waals surface area (Å²) in [6, 6.07) is 4.07. The maximum absolute atomic E-state index is 4.36. The number of hydrogen-bond donors (Lipinski definition) is 1. The molecule has 0 saturated heterocycles. The van der Waals surface area contributed by atoms with E-state index in [-0.39, 0.29) is 0 Å². The molecule has 0 aliphatic carbocycles. The van der Waals surface area contributed by atoms with Gasteiger partial charge in [-0.25, -0.2) is 9.97 Å². The topological polar surface area (TPSA) is 37.8 Å². The van der Waals surface area contributed by atoms with E-state index in [2.05, 4.69) is 21.4 Å². The van der Waals surface area contributed by atoms with Crippen molar-refractivity contribution in [3.8, 4) is 0 Å². The smallest absolute Gasteiger partial charge is 0.159 e. The number of fused-ring (bicyclic) bond motifs is 3. The average molecular weight is 185 g/mol. The van der Waals surface area contributed by atoms with Crippen LogP contribution in [0.1, 0.15) is 11.1 Å². The average Bonchev–Trinajstić information content (AvgIpc) is 2.29. The van der Waals surface area contributed by atoms with Gasteiger partial charge in [-0.1, -0.05) is 0 Å². The van der Waals surface area contributed by atoms with E-state index in [4.69, 9.17) is 0 Å². The zero-order chi connectivity index (χ0) is 9.38. The van der Waals surface area contributed by atoms with E-state index in [0.717, 1.165) is 25.2 Å². The van der Waals surface area contributed by atoms with Gasteiger partial charge in [0.2, 0.25) is 0 Å². The first-order valence-corrected chi connectivity index (χ1v) is 4.87. The molecule has 0 saturated carbocycles. The second-order valence-corrected chi connectivity index (χ2v) is 3.56. The lowest BCUT2D eigenvalue weighted by molar-refractivity contribution is 0.646. The molecular weight excluding hydrogens is 174 g/mol. The Kier molecular flexibility index (Phi) is 1.70. The standard InChI is InChI=1S/C11H11N3/c1-2-9-10-7-12-5-3-8(10)6-14-11(9)13-4-1/h1-2,4,6,12H,3,5,7H2. The maximum Gasteiger partial charge on any atom is 0.159 e. The zero-order valence-electron chi connectivity index (χ0n) is 7.83. The summed E-state index contributed by atoms with van der Waals surface area (Å²) in [5.74, 6) is 0. The molecule has 3 heteroatoms. The minimum atomic E-state index is 0.856. The van der Waals surface area contributed by atoms with Crippen LogP contribution >= 0.6 is 0 Å². The fourth-order valence-electron chi connectivity index (χ4n) is 1.99. The fourth-order valence-corrected chi connectivity index (χ4v) is 1.99. The summed E-state index contributed by atoms with van der Waals surface area (Å²) in [7, 11) is 0. The van der Waals surface area contributed by atoms with Gasteiger partial charge < -0.3 is 5.32 Å². The molecule has 14 heavy (non-hydrogen) atoms. The molecule has 2 aromatic rings. The van der Waals surface area contributed by atoms with Gasteiger partial charge >= 0.3 is 0 Å². The van der Waals surface area contributed by atoms with E-state index in [1.165, 1.54) is 16.5 Å². The third kappa shape index (κ3) is 1.09. The molecule has 70 valence electrons. The van der Waals surface area contributed by atoms with Gasteiger partial charge in [0.25, 0.3) is 0 Å². The number of hydrogen-bond acceptors (Lipinski definition) is 3. The van der Waals surface area contributed by atoms with Crippen LogP contribution in [0.5, 0.6) is 0 Å². The van der Waals surface area contributed by atoms with Gasteiger partial charge in [0.15, 0.2) is 5.65 Å². The van der Waals surface area contributed by atoms with Crippen molar-refractivity contribution in [1.29, 1.82) is 0 Å². The van der Waals surface area contributed by atoms with Gasteiger partial charge in [0.05, 0.1) is 0 Å². The highest BCUT2D eigenvalue weighted by molar-refractivity contribution is 5.79. The van der Waals surface area contributed by atoms with Crippen LogP contribution in [0.25, 0.3) is 11.0 Å². The van der Waals surface area contributed by atoms with Crippen molar-refractivity contribution in [2.24, 2.45) is 0 Å². The van der Waals surface area contributed by atoms with Gasteiger partial charge in [0.1, 0.15) is 0 Å². The van der Waals surface area contributed by atoms with Crippen LogP contribution in [0.3, 0.4) is 0 Å². The van der Waals surface area contributed by atoms with Crippen LogP contribution in [0, 0.1) is 0 Å². The Morgan fingerprint density at radius 1 is 1.29 bits per heavy atom. The molecule has 0 unspecified atom stereocenters. The molecule has 0 amide bonds. The minimum absolute atomic E-state index is 0.856. The van der Waals surface area contributed by atoms with E-state index in [0.29, 0.717) is 0 Å². The zero-order valence-corrected chi connectivity index (χ0v) is 7.83. The van der Waals surface area contributed by atoms with E-state index in [1.807, 2.05) is 12.3 Å². The first-order valence-electron chi connectivity index (χ1n) is 4.87. The van der Waals surface area contributed by atoms with Gasteiger partial charge in [-0.15, -0.1) is 0 Å². The molecule has 1 N–H and O–H groups in total. The highest BCUT2D eigenvalue weighted by atomic mass is 14.9. The highest BCUT2D eigenvalue weighted by Crippen LogP contribution is 2.21. The summed E-state index contributed by atoms with van der Waals surface area (Å²) in [5, 5.41) is 4.57. The van der Waals surface area contributed by atoms with Crippen LogP contribution in [0.15, 0.2) is 24.5 Å². The predicted molar refractivity (Wildman–Crippen MR) is 54.9 cm³/mol. The van der Waals surface area contributed by atoms with Gasteiger partial charge in [-0.05, 0) is 36.2 Å². The summed E-state index contributed by atoms with van der Waals surface area (Å²) < 4.78 is 0. The Morgan fingerprint density at radius 2 is 2.29 bits per heavy atom. The van der Waals surface area contributed by atoms with E-state index < -0.39 is 0 Å². The van der Waals surface area contributed by atoms with Crippen LogP contribution < -0.4 is 5.32 Å². The summed E-state index contributed by atoms with van der Waals surface area (Å²) in [6.45, 7) is 2.00. The number of rotatable bonds is 0. The lowest BCUT2D eigenvalue weighted by Crippen LogP contribution is -2.24. The molecule has 0 aromatic carbocycles. The van der Waals surface area contributed by atoms with Crippen LogP contribution in [-0.2, 0) is 13.0 Å². The Morgan fingerprint density at radius 3 is 3.29 bits per heavy atom. The van der Waals surface area contributed by atoms with Crippen molar-refractivity contribution >= 4 is 11.0 Å². The molecule has 0 radical (unpaired) electrons. The SMILES string of the molecule is c1cnc2ncc3c(c2c1)CNCC3. The number of aromatic nitrogens is 2. The molecule has 1 aliphatic rings. The molecule has 0 atom stereocenters. The molecule has 3 heterocycles. The fraction of sp³-hybridized carbons (Fsp3) is 0.273. The monoisotopic (exact) mass is 185 g/mol. The summed E-state index contributed by atoms with van der Waals surface area (Å²) in [4.78, 5) is 8.61. The second kappa shape index (κ2) is 3.03. The number of pyridine rings is 2. The Bertz CT molecular complexity index is 479. The summed E-state index contributed by atoms with van der Waals surface area (Å²) in [5.41, 5.74) is 3.59. The van der Waals surface area contributed by atoms with Crippen molar-refractivity contribution in [2.45, 2.75) is 13.0 Å². The predicted octanol–water partition coefficient (Wildman–Crippen LogP) is 1.28. The van der Waals surface area contributed by atoms with Crippen LogP contribution in [-0.4, -0.2) is 16.5 Å². The van der Waals surface area contributed by atoms with E-state index in [1.54, 1.807) is 6.20 Å². The Balaban J connectivity index is 2.34. The quantitative estimate of drug-likeness (QED) is 0.671. The van der Waals surface area contributed by atoms with Crippen LogP contribution in [0.4, 0.5) is 0 Å². The first-order chi connectivity index (χ1) is 6.95.